The largest absolute Gasteiger partial charge is 0.382 e. The predicted molar refractivity (Wildman–Crippen MR) is 71.0 cm³/mol. The van der Waals surface area contributed by atoms with E-state index in [4.69, 9.17) is 21.1 Å². The standard InChI is InChI=1S/C13H18ClNO3/c1-17-9-12(18-2)8-15-13(16)11-5-3-4-10(6-11)7-14/h3-6,12H,7-9H2,1-2H3,(H,15,16). The molecule has 5 heteroatoms. The lowest BCUT2D eigenvalue weighted by Gasteiger charge is -2.15. The molecule has 1 atom stereocenters. The number of amides is 1. The van der Waals surface area contributed by atoms with Gasteiger partial charge in [0.2, 0.25) is 0 Å². The molecular weight excluding hydrogens is 254 g/mol. The molecule has 0 heterocycles. The molecule has 0 aliphatic carbocycles. The molecule has 1 amide bonds. The number of nitrogens with one attached hydrogen (secondary N) is 1. The van der Waals surface area contributed by atoms with Crippen LogP contribution in [0.15, 0.2) is 24.3 Å². The van der Waals surface area contributed by atoms with Crippen LogP contribution in [0.1, 0.15) is 15.9 Å². The predicted octanol–water partition coefficient (Wildman–Crippen LogP) is 1.82. The minimum Gasteiger partial charge on any atom is -0.382 e. The van der Waals surface area contributed by atoms with Crippen molar-refractivity contribution in [2.75, 3.05) is 27.4 Å². The van der Waals surface area contributed by atoms with E-state index in [0.29, 0.717) is 24.6 Å². The third-order valence-electron chi connectivity index (χ3n) is 2.52. The molecule has 0 fully saturated rings. The fourth-order valence-electron chi connectivity index (χ4n) is 1.50. The van der Waals surface area contributed by atoms with E-state index in [0.717, 1.165) is 5.56 Å². The Bertz CT molecular complexity index is 384. The first-order chi connectivity index (χ1) is 8.71. The second-order valence-electron chi connectivity index (χ2n) is 3.86. The first kappa shape index (κ1) is 15.0. The second-order valence-corrected chi connectivity index (χ2v) is 4.12. The van der Waals surface area contributed by atoms with Gasteiger partial charge in [0.25, 0.3) is 5.91 Å². The first-order valence-electron chi connectivity index (χ1n) is 5.66. The van der Waals surface area contributed by atoms with E-state index in [9.17, 15) is 4.79 Å². The van der Waals surface area contributed by atoms with Crippen LogP contribution in [-0.2, 0) is 15.4 Å². The highest BCUT2D eigenvalue weighted by Crippen LogP contribution is 2.07. The molecule has 100 valence electrons. The quantitative estimate of drug-likeness (QED) is 0.770. The SMILES string of the molecule is COCC(CNC(=O)c1cccc(CCl)c1)OC. The molecule has 0 radical (unpaired) electrons. The molecule has 18 heavy (non-hydrogen) atoms. The van der Waals surface area contributed by atoms with Crippen molar-refractivity contribution in [3.63, 3.8) is 0 Å². The molecule has 4 nitrogen and oxygen atoms in total. The monoisotopic (exact) mass is 271 g/mol. The Morgan fingerprint density at radius 3 is 2.83 bits per heavy atom. The Morgan fingerprint density at radius 1 is 1.44 bits per heavy atom. The van der Waals surface area contributed by atoms with Crippen molar-refractivity contribution in [1.29, 1.82) is 0 Å². The van der Waals surface area contributed by atoms with Gasteiger partial charge in [-0.2, -0.15) is 0 Å². The van der Waals surface area contributed by atoms with Gasteiger partial charge < -0.3 is 14.8 Å². The van der Waals surface area contributed by atoms with Gasteiger partial charge in [0.15, 0.2) is 0 Å². The summed E-state index contributed by atoms with van der Waals surface area (Å²) in [6, 6.07) is 7.23. The normalized spacial score (nSPS) is 12.2. The van der Waals surface area contributed by atoms with E-state index in [1.165, 1.54) is 0 Å². The summed E-state index contributed by atoms with van der Waals surface area (Å²) in [4.78, 5) is 11.9. The summed E-state index contributed by atoms with van der Waals surface area (Å²) >= 11 is 5.73. The second kappa shape index (κ2) is 8.08. The van der Waals surface area contributed by atoms with Gasteiger partial charge in [-0.15, -0.1) is 11.6 Å². The maximum atomic E-state index is 11.9. The Morgan fingerprint density at radius 2 is 2.22 bits per heavy atom. The summed E-state index contributed by atoms with van der Waals surface area (Å²) < 4.78 is 10.1. The van der Waals surface area contributed by atoms with Crippen LogP contribution in [0.5, 0.6) is 0 Å². The minimum atomic E-state index is -0.143. The van der Waals surface area contributed by atoms with E-state index in [2.05, 4.69) is 5.32 Å². The third kappa shape index (κ3) is 4.64. The van der Waals surface area contributed by atoms with Gasteiger partial charge in [-0.1, -0.05) is 12.1 Å². The van der Waals surface area contributed by atoms with E-state index >= 15 is 0 Å². The van der Waals surface area contributed by atoms with Gasteiger partial charge in [-0.05, 0) is 17.7 Å². The topological polar surface area (TPSA) is 47.6 Å². The van der Waals surface area contributed by atoms with Crippen LogP contribution in [0.25, 0.3) is 0 Å². The van der Waals surface area contributed by atoms with Crippen LogP contribution < -0.4 is 5.32 Å². The van der Waals surface area contributed by atoms with Gasteiger partial charge in [0.1, 0.15) is 0 Å². The molecule has 1 N–H and O–H groups in total. The zero-order chi connectivity index (χ0) is 13.4. The Kier molecular flexibility index (Phi) is 6.72. The summed E-state index contributed by atoms with van der Waals surface area (Å²) in [7, 11) is 3.18. The number of benzene rings is 1. The zero-order valence-corrected chi connectivity index (χ0v) is 11.4. The first-order valence-corrected chi connectivity index (χ1v) is 6.19. The Hall–Kier alpha value is -1.10. The van der Waals surface area contributed by atoms with Crippen molar-refractivity contribution < 1.29 is 14.3 Å². The van der Waals surface area contributed by atoms with Crippen molar-refractivity contribution in [2.45, 2.75) is 12.0 Å². The molecular formula is C13H18ClNO3. The van der Waals surface area contributed by atoms with E-state index in [1.54, 1.807) is 26.4 Å². The van der Waals surface area contributed by atoms with Crippen LogP contribution in [-0.4, -0.2) is 39.4 Å². The third-order valence-corrected chi connectivity index (χ3v) is 2.83. The number of alkyl halides is 1. The summed E-state index contributed by atoms with van der Waals surface area (Å²) in [6.45, 7) is 0.854. The summed E-state index contributed by atoms with van der Waals surface area (Å²) in [6.07, 6.45) is -0.143. The maximum absolute atomic E-state index is 11.9. The molecule has 0 saturated carbocycles. The fourth-order valence-corrected chi connectivity index (χ4v) is 1.67. The van der Waals surface area contributed by atoms with Gasteiger partial charge in [0, 0.05) is 32.2 Å². The van der Waals surface area contributed by atoms with Gasteiger partial charge in [-0.25, -0.2) is 0 Å². The molecule has 1 aromatic carbocycles. The molecule has 1 unspecified atom stereocenters. The number of methoxy groups -OCH3 is 2. The number of hydrogen-bond acceptors (Lipinski definition) is 3. The van der Waals surface area contributed by atoms with E-state index in [-0.39, 0.29) is 12.0 Å². The van der Waals surface area contributed by atoms with Crippen molar-refractivity contribution in [2.24, 2.45) is 0 Å². The molecule has 1 aromatic rings. The van der Waals surface area contributed by atoms with Crippen LogP contribution in [0.4, 0.5) is 0 Å². The van der Waals surface area contributed by atoms with Crippen LogP contribution in [0.3, 0.4) is 0 Å². The Balaban J connectivity index is 2.53. The highest BCUT2D eigenvalue weighted by Gasteiger charge is 2.10. The van der Waals surface area contributed by atoms with E-state index < -0.39 is 0 Å². The molecule has 0 aliphatic rings. The lowest BCUT2D eigenvalue weighted by Crippen LogP contribution is -2.35. The summed E-state index contributed by atoms with van der Waals surface area (Å²) in [5.41, 5.74) is 1.52. The maximum Gasteiger partial charge on any atom is 0.251 e. The van der Waals surface area contributed by atoms with Crippen molar-refractivity contribution in [1.82, 2.24) is 5.32 Å². The highest BCUT2D eigenvalue weighted by molar-refractivity contribution is 6.17. The molecule has 0 aromatic heterocycles. The van der Waals surface area contributed by atoms with Crippen molar-refractivity contribution in [3.05, 3.63) is 35.4 Å². The summed E-state index contributed by atoms with van der Waals surface area (Å²) in [5.74, 6) is 0.256. The lowest BCUT2D eigenvalue weighted by atomic mass is 10.1. The molecule has 0 spiro atoms. The molecule has 0 saturated heterocycles. The smallest absolute Gasteiger partial charge is 0.251 e. The lowest BCUT2D eigenvalue weighted by molar-refractivity contribution is 0.0285. The average molecular weight is 272 g/mol. The number of ether oxygens (including phenoxy) is 2. The van der Waals surface area contributed by atoms with Crippen molar-refractivity contribution in [3.8, 4) is 0 Å². The van der Waals surface area contributed by atoms with Gasteiger partial charge in [0.05, 0.1) is 12.7 Å². The number of carbonyl (C=O) groups is 1. The van der Waals surface area contributed by atoms with Gasteiger partial charge in [-0.3, -0.25) is 4.79 Å². The summed E-state index contributed by atoms with van der Waals surface area (Å²) in [5, 5.41) is 2.80. The van der Waals surface area contributed by atoms with E-state index in [1.807, 2.05) is 12.1 Å². The Labute approximate surface area is 112 Å². The number of halogens is 1. The number of carbonyl (C=O) groups excluding carboxylic acids is 1. The van der Waals surface area contributed by atoms with Crippen molar-refractivity contribution >= 4 is 17.5 Å². The molecule has 1 rings (SSSR count). The number of rotatable bonds is 7. The molecule has 0 bridgehead atoms. The highest BCUT2D eigenvalue weighted by atomic mass is 35.5. The fraction of sp³-hybridized carbons (Fsp3) is 0.462. The zero-order valence-electron chi connectivity index (χ0n) is 10.6. The molecule has 0 aliphatic heterocycles. The van der Waals surface area contributed by atoms with Crippen LogP contribution in [0.2, 0.25) is 0 Å². The number of hydrogen-bond donors (Lipinski definition) is 1. The van der Waals surface area contributed by atoms with Crippen LogP contribution >= 0.6 is 11.6 Å². The van der Waals surface area contributed by atoms with Gasteiger partial charge >= 0.3 is 0 Å². The average Bonchev–Trinajstić information content (AvgIpc) is 2.43. The van der Waals surface area contributed by atoms with Crippen LogP contribution in [0, 0.1) is 0 Å². The minimum absolute atomic E-state index is 0.139.